The highest BCUT2D eigenvalue weighted by Gasteiger charge is 2.10. The number of carbonyl (C=O) groups is 3. The fourth-order valence-corrected chi connectivity index (χ4v) is 2.51. The number of amides is 3. The van der Waals surface area contributed by atoms with Gasteiger partial charge in [-0.15, -0.1) is 0 Å². The number of hydrazine groups is 1. The van der Waals surface area contributed by atoms with Gasteiger partial charge in [-0.1, -0.05) is 53.5 Å². The molecule has 6 nitrogen and oxygen atoms in total. The number of hydrogen-bond acceptors (Lipinski definition) is 3. The van der Waals surface area contributed by atoms with Crippen LogP contribution in [0, 0.1) is 0 Å². The lowest BCUT2D eigenvalue weighted by atomic mass is 10.1. The van der Waals surface area contributed by atoms with Crippen LogP contribution >= 0.6 is 23.2 Å². The molecule has 2 rings (SSSR count). The van der Waals surface area contributed by atoms with Crippen LogP contribution in [0.5, 0.6) is 0 Å². The van der Waals surface area contributed by atoms with E-state index < -0.39 is 5.91 Å². The van der Waals surface area contributed by atoms with E-state index in [0.29, 0.717) is 15.7 Å². The summed E-state index contributed by atoms with van der Waals surface area (Å²) in [6, 6.07) is 13.8. The van der Waals surface area contributed by atoms with Crippen LogP contribution in [0.25, 0.3) is 0 Å². The van der Waals surface area contributed by atoms with Gasteiger partial charge in [0.15, 0.2) is 0 Å². The number of halogens is 2. The van der Waals surface area contributed by atoms with Crippen LogP contribution in [-0.4, -0.2) is 17.7 Å². The van der Waals surface area contributed by atoms with Crippen LogP contribution in [0.15, 0.2) is 48.5 Å². The zero-order valence-corrected chi connectivity index (χ0v) is 15.2. The molecular weight excluding hydrogens is 377 g/mol. The molecule has 0 aromatic heterocycles. The van der Waals surface area contributed by atoms with Gasteiger partial charge in [-0.25, -0.2) is 0 Å². The third-order valence-electron chi connectivity index (χ3n) is 3.33. The first-order valence-corrected chi connectivity index (χ1v) is 8.56. The number of nitrogens with one attached hydrogen (secondary N) is 3. The highest BCUT2D eigenvalue weighted by Crippen LogP contribution is 2.25. The van der Waals surface area contributed by atoms with Crippen molar-refractivity contribution < 1.29 is 14.4 Å². The maximum atomic E-state index is 11.9. The molecule has 26 heavy (non-hydrogen) atoms. The van der Waals surface area contributed by atoms with Gasteiger partial charge in [0.2, 0.25) is 17.7 Å². The Morgan fingerprint density at radius 1 is 0.808 bits per heavy atom. The van der Waals surface area contributed by atoms with Crippen LogP contribution in [-0.2, 0) is 20.8 Å². The van der Waals surface area contributed by atoms with Crippen LogP contribution < -0.4 is 16.2 Å². The van der Waals surface area contributed by atoms with Crippen molar-refractivity contribution in [3.05, 3.63) is 64.1 Å². The summed E-state index contributed by atoms with van der Waals surface area (Å²) < 4.78 is 0. The van der Waals surface area contributed by atoms with Crippen molar-refractivity contribution in [2.75, 3.05) is 5.32 Å². The first-order chi connectivity index (χ1) is 12.4. The van der Waals surface area contributed by atoms with Gasteiger partial charge in [-0.05, 0) is 23.8 Å². The van der Waals surface area contributed by atoms with Gasteiger partial charge in [-0.3, -0.25) is 25.2 Å². The molecule has 0 saturated heterocycles. The maximum absolute atomic E-state index is 11.9. The standard InChI is InChI=1S/C18H17Cl2N3O3/c19-13-6-7-15(14(20)11-13)21-16(24)8-9-17(25)22-23-18(26)10-12-4-2-1-3-5-12/h1-7,11H,8-10H2,(H,21,24)(H,22,25)(H,23,26). The molecule has 3 N–H and O–H groups in total. The van der Waals surface area contributed by atoms with E-state index in [2.05, 4.69) is 16.2 Å². The fraction of sp³-hybridized carbons (Fsp3) is 0.167. The average molecular weight is 394 g/mol. The molecule has 0 radical (unpaired) electrons. The Bertz CT molecular complexity index is 798. The number of hydrogen-bond donors (Lipinski definition) is 3. The molecular formula is C18H17Cl2N3O3. The smallest absolute Gasteiger partial charge is 0.242 e. The second-order valence-electron chi connectivity index (χ2n) is 5.43. The van der Waals surface area contributed by atoms with E-state index >= 15 is 0 Å². The number of carbonyl (C=O) groups excluding carboxylic acids is 3. The molecule has 0 aliphatic carbocycles. The number of benzene rings is 2. The van der Waals surface area contributed by atoms with E-state index in [0.717, 1.165) is 5.56 Å². The summed E-state index contributed by atoms with van der Waals surface area (Å²) >= 11 is 11.7. The second kappa shape index (κ2) is 9.79. The summed E-state index contributed by atoms with van der Waals surface area (Å²) in [5.74, 6) is -1.19. The first kappa shape index (κ1) is 19.8. The van der Waals surface area contributed by atoms with E-state index in [4.69, 9.17) is 23.2 Å². The van der Waals surface area contributed by atoms with Gasteiger partial charge in [0.1, 0.15) is 0 Å². The Morgan fingerprint density at radius 3 is 2.15 bits per heavy atom. The van der Waals surface area contributed by atoms with Crippen molar-refractivity contribution in [1.29, 1.82) is 0 Å². The average Bonchev–Trinajstić information content (AvgIpc) is 2.61. The minimum Gasteiger partial charge on any atom is -0.325 e. The van der Waals surface area contributed by atoms with Crippen molar-refractivity contribution in [2.45, 2.75) is 19.3 Å². The first-order valence-electron chi connectivity index (χ1n) is 7.80. The molecule has 2 aromatic carbocycles. The zero-order valence-electron chi connectivity index (χ0n) is 13.7. The van der Waals surface area contributed by atoms with Crippen molar-refractivity contribution in [3.63, 3.8) is 0 Å². The molecule has 0 unspecified atom stereocenters. The molecule has 0 aliphatic heterocycles. The highest BCUT2D eigenvalue weighted by atomic mass is 35.5. The van der Waals surface area contributed by atoms with Gasteiger partial charge >= 0.3 is 0 Å². The molecule has 3 amide bonds. The van der Waals surface area contributed by atoms with Crippen LogP contribution in [0.4, 0.5) is 5.69 Å². The minimum atomic E-state index is -0.469. The summed E-state index contributed by atoms with van der Waals surface area (Å²) in [6.45, 7) is 0. The minimum absolute atomic E-state index is 0.0562. The zero-order chi connectivity index (χ0) is 18.9. The van der Waals surface area contributed by atoms with E-state index in [9.17, 15) is 14.4 Å². The molecule has 0 heterocycles. The lowest BCUT2D eigenvalue weighted by Gasteiger charge is -2.09. The van der Waals surface area contributed by atoms with E-state index in [1.807, 2.05) is 30.3 Å². The van der Waals surface area contributed by atoms with Gasteiger partial charge in [0, 0.05) is 17.9 Å². The fourth-order valence-electron chi connectivity index (χ4n) is 2.06. The maximum Gasteiger partial charge on any atom is 0.242 e. The topological polar surface area (TPSA) is 87.3 Å². The summed E-state index contributed by atoms with van der Waals surface area (Å²) in [7, 11) is 0. The molecule has 0 aliphatic rings. The Balaban J connectivity index is 1.69. The Hall–Kier alpha value is -2.57. The lowest BCUT2D eigenvalue weighted by molar-refractivity contribution is -0.129. The van der Waals surface area contributed by atoms with E-state index in [-0.39, 0.29) is 31.1 Å². The van der Waals surface area contributed by atoms with Gasteiger partial charge in [0.05, 0.1) is 17.1 Å². The molecule has 0 bridgehead atoms. The van der Waals surface area contributed by atoms with Gasteiger partial charge in [-0.2, -0.15) is 0 Å². The molecule has 136 valence electrons. The van der Waals surface area contributed by atoms with E-state index in [1.54, 1.807) is 12.1 Å². The number of anilines is 1. The van der Waals surface area contributed by atoms with E-state index in [1.165, 1.54) is 6.07 Å². The van der Waals surface area contributed by atoms with Crippen molar-refractivity contribution in [2.24, 2.45) is 0 Å². The van der Waals surface area contributed by atoms with Crippen molar-refractivity contribution in [1.82, 2.24) is 10.9 Å². The summed E-state index contributed by atoms with van der Waals surface area (Å²) in [5.41, 5.74) is 5.84. The van der Waals surface area contributed by atoms with Gasteiger partial charge in [0.25, 0.3) is 0 Å². The second-order valence-corrected chi connectivity index (χ2v) is 6.27. The highest BCUT2D eigenvalue weighted by molar-refractivity contribution is 6.36. The molecule has 0 saturated carbocycles. The lowest BCUT2D eigenvalue weighted by Crippen LogP contribution is -2.42. The Morgan fingerprint density at radius 2 is 1.46 bits per heavy atom. The number of rotatable bonds is 6. The summed E-state index contributed by atoms with van der Waals surface area (Å²) in [4.78, 5) is 35.3. The molecule has 0 fully saturated rings. The predicted octanol–water partition coefficient (Wildman–Crippen LogP) is 3.10. The van der Waals surface area contributed by atoms with Gasteiger partial charge < -0.3 is 5.32 Å². The molecule has 0 spiro atoms. The quantitative estimate of drug-likeness (QED) is 0.658. The predicted molar refractivity (Wildman–Crippen MR) is 101 cm³/mol. The SMILES string of the molecule is O=C(CCC(=O)Nc1ccc(Cl)cc1Cl)NNC(=O)Cc1ccccc1. The largest absolute Gasteiger partial charge is 0.325 e. The summed E-state index contributed by atoms with van der Waals surface area (Å²) in [6.07, 6.45) is 0.0126. The summed E-state index contributed by atoms with van der Waals surface area (Å²) in [5, 5.41) is 3.36. The Labute approximate surface area is 160 Å². The third kappa shape index (κ3) is 6.74. The molecule has 2 aromatic rings. The van der Waals surface area contributed by atoms with Crippen molar-refractivity contribution in [3.8, 4) is 0 Å². The van der Waals surface area contributed by atoms with Crippen LogP contribution in [0.3, 0.4) is 0 Å². The third-order valence-corrected chi connectivity index (χ3v) is 3.88. The van der Waals surface area contributed by atoms with Crippen LogP contribution in [0.1, 0.15) is 18.4 Å². The Kier molecular flexibility index (Phi) is 7.44. The van der Waals surface area contributed by atoms with Crippen LogP contribution in [0.2, 0.25) is 10.0 Å². The molecule has 8 heteroatoms. The van der Waals surface area contributed by atoms with Crippen molar-refractivity contribution >= 4 is 46.6 Å². The monoisotopic (exact) mass is 393 g/mol. The normalized spacial score (nSPS) is 10.1. The molecule has 0 atom stereocenters.